The van der Waals surface area contributed by atoms with Crippen LogP contribution in [0.15, 0.2) is 0 Å². The fourth-order valence-electron chi connectivity index (χ4n) is 7.19. The molecule has 0 aromatic carbocycles. The second kappa shape index (κ2) is 19.1. The number of carboxylic acids is 2. The fraction of sp³-hybridized carbons (Fsp3) is 0.939. The molecule has 0 radical (unpaired) electrons. The molecule has 4 unspecified atom stereocenters. The highest BCUT2D eigenvalue weighted by molar-refractivity contribution is 5.70. The Morgan fingerprint density at radius 3 is 1.54 bits per heavy atom. The molecular formula is C33H60O4. The number of rotatable bonds is 22. The minimum atomic E-state index is -0.593. The van der Waals surface area contributed by atoms with Gasteiger partial charge in [-0.15, -0.1) is 0 Å². The Hall–Kier alpha value is -1.06. The van der Waals surface area contributed by atoms with Crippen LogP contribution in [-0.2, 0) is 9.59 Å². The molecule has 37 heavy (non-hydrogen) atoms. The van der Waals surface area contributed by atoms with Gasteiger partial charge < -0.3 is 10.2 Å². The van der Waals surface area contributed by atoms with E-state index in [0.717, 1.165) is 63.7 Å². The third-order valence-electron chi connectivity index (χ3n) is 9.97. The van der Waals surface area contributed by atoms with Crippen LogP contribution in [0.4, 0.5) is 0 Å². The van der Waals surface area contributed by atoms with Crippen LogP contribution in [0.1, 0.15) is 162 Å². The van der Waals surface area contributed by atoms with Gasteiger partial charge >= 0.3 is 11.9 Å². The van der Waals surface area contributed by atoms with E-state index in [0.29, 0.717) is 17.8 Å². The predicted molar refractivity (Wildman–Crippen MR) is 154 cm³/mol. The van der Waals surface area contributed by atoms with E-state index in [1.165, 1.54) is 89.9 Å². The lowest BCUT2D eigenvalue weighted by molar-refractivity contribution is -0.143. The van der Waals surface area contributed by atoms with Crippen molar-refractivity contribution in [2.24, 2.45) is 35.5 Å². The summed E-state index contributed by atoms with van der Waals surface area (Å²) in [5, 5.41) is 19.7. The normalized spacial score (nSPS) is 20.2. The maximum Gasteiger partial charge on any atom is 0.306 e. The van der Waals surface area contributed by atoms with Gasteiger partial charge in [-0.2, -0.15) is 0 Å². The van der Waals surface area contributed by atoms with Crippen LogP contribution >= 0.6 is 0 Å². The molecule has 0 saturated heterocycles. The molecule has 2 N–H and O–H groups in total. The first-order valence-electron chi connectivity index (χ1n) is 16.4. The van der Waals surface area contributed by atoms with E-state index in [4.69, 9.17) is 0 Å². The number of carboxylic acid groups (broad SMARTS) is 2. The second-order valence-corrected chi connectivity index (χ2v) is 12.9. The van der Waals surface area contributed by atoms with Gasteiger partial charge in [-0.25, -0.2) is 0 Å². The van der Waals surface area contributed by atoms with E-state index in [9.17, 15) is 19.8 Å². The van der Waals surface area contributed by atoms with Crippen molar-refractivity contribution in [2.45, 2.75) is 162 Å². The van der Waals surface area contributed by atoms with Gasteiger partial charge in [0.2, 0.25) is 0 Å². The zero-order valence-electron chi connectivity index (χ0n) is 24.4. The van der Waals surface area contributed by atoms with Crippen molar-refractivity contribution < 1.29 is 19.8 Å². The van der Waals surface area contributed by atoms with Gasteiger partial charge in [0.15, 0.2) is 0 Å². The molecule has 4 atom stereocenters. The van der Waals surface area contributed by atoms with Gasteiger partial charge in [-0.05, 0) is 55.8 Å². The first-order valence-corrected chi connectivity index (χ1v) is 16.4. The van der Waals surface area contributed by atoms with E-state index >= 15 is 0 Å². The summed E-state index contributed by atoms with van der Waals surface area (Å²) in [7, 11) is 0. The summed E-state index contributed by atoms with van der Waals surface area (Å²) in [6, 6.07) is 0. The Balaban J connectivity index is 1.88. The lowest BCUT2D eigenvalue weighted by Gasteiger charge is -2.29. The van der Waals surface area contributed by atoms with Crippen molar-refractivity contribution >= 4 is 11.9 Å². The van der Waals surface area contributed by atoms with Crippen LogP contribution in [0, 0.1) is 35.5 Å². The van der Waals surface area contributed by atoms with Crippen LogP contribution in [-0.4, -0.2) is 22.2 Å². The molecule has 4 heteroatoms. The largest absolute Gasteiger partial charge is 0.481 e. The average molecular weight is 521 g/mol. The van der Waals surface area contributed by atoms with Crippen LogP contribution in [0.5, 0.6) is 0 Å². The van der Waals surface area contributed by atoms with E-state index < -0.39 is 11.9 Å². The Labute approximate surface area is 228 Å². The van der Waals surface area contributed by atoms with E-state index in [1.54, 1.807) is 0 Å². The third-order valence-corrected chi connectivity index (χ3v) is 9.97. The first kappa shape index (κ1) is 32.2. The maximum absolute atomic E-state index is 12.0. The lowest BCUT2D eigenvalue weighted by atomic mass is 9.76. The summed E-state index contributed by atoms with van der Waals surface area (Å²) in [5.41, 5.74) is 0. The van der Waals surface area contributed by atoms with E-state index in [1.807, 2.05) is 0 Å². The van der Waals surface area contributed by atoms with E-state index in [2.05, 4.69) is 13.8 Å². The molecule has 0 aromatic rings. The molecule has 4 nitrogen and oxygen atoms in total. The van der Waals surface area contributed by atoms with Crippen molar-refractivity contribution in [2.75, 3.05) is 0 Å². The molecule has 2 aliphatic carbocycles. The number of unbranched alkanes of at least 4 members (excludes halogenated alkanes) is 2. The quantitative estimate of drug-likeness (QED) is 0.149. The molecule has 2 aliphatic rings. The average Bonchev–Trinajstić information content (AvgIpc) is 2.85. The highest BCUT2D eigenvalue weighted by Gasteiger charge is 2.27. The molecule has 0 aliphatic heterocycles. The van der Waals surface area contributed by atoms with Gasteiger partial charge in [-0.3, -0.25) is 9.59 Å². The highest BCUT2D eigenvalue weighted by Crippen LogP contribution is 2.36. The van der Waals surface area contributed by atoms with Crippen LogP contribution < -0.4 is 0 Å². The summed E-state index contributed by atoms with van der Waals surface area (Å²) in [5.74, 6) is 1.21. The van der Waals surface area contributed by atoms with E-state index in [-0.39, 0.29) is 11.8 Å². The van der Waals surface area contributed by atoms with Crippen LogP contribution in [0.3, 0.4) is 0 Å². The molecule has 2 rings (SSSR count). The van der Waals surface area contributed by atoms with Crippen molar-refractivity contribution in [1.82, 2.24) is 0 Å². The zero-order valence-corrected chi connectivity index (χ0v) is 24.4. The number of hydrogen-bond donors (Lipinski definition) is 2. The van der Waals surface area contributed by atoms with Crippen molar-refractivity contribution in [1.29, 1.82) is 0 Å². The monoisotopic (exact) mass is 520 g/mol. The van der Waals surface area contributed by atoms with Gasteiger partial charge in [-0.1, -0.05) is 129 Å². The van der Waals surface area contributed by atoms with Gasteiger partial charge in [0.05, 0.1) is 11.8 Å². The SMILES string of the molecule is CCCCC(CCCC(CCC1CCC1)C(=O)O)C(CCCC)CCCC(CC1CCCCC1)C(=O)O. The summed E-state index contributed by atoms with van der Waals surface area (Å²) >= 11 is 0. The summed E-state index contributed by atoms with van der Waals surface area (Å²) in [4.78, 5) is 23.9. The third kappa shape index (κ3) is 13.0. The smallest absolute Gasteiger partial charge is 0.306 e. The van der Waals surface area contributed by atoms with Gasteiger partial charge in [0.1, 0.15) is 0 Å². The Kier molecular flexibility index (Phi) is 16.6. The number of carbonyl (C=O) groups is 2. The molecule has 0 amide bonds. The van der Waals surface area contributed by atoms with Crippen molar-refractivity contribution in [3.63, 3.8) is 0 Å². The zero-order chi connectivity index (χ0) is 26.9. The number of aliphatic carboxylic acids is 2. The molecule has 0 heterocycles. The molecule has 2 saturated carbocycles. The minimum absolute atomic E-state index is 0.169. The summed E-state index contributed by atoms with van der Waals surface area (Å²) in [6.45, 7) is 4.53. The summed E-state index contributed by atoms with van der Waals surface area (Å²) < 4.78 is 0. The standard InChI is InChI=1S/C33H60O4/c1-3-5-17-28(19-11-21-30(32(34)35)24-23-26-15-10-16-26)29(18-6-4-2)20-12-22-31(33(36)37)25-27-13-8-7-9-14-27/h26-31H,3-25H2,1-2H3,(H,34,35)(H,36,37). The Bertz CT molecular complexity index is 607. The maximum atomic E-state index is 12.0. The van der Waals surface area contributed by atoms with Crippen LogP contribution in [0.25, 0.3) is 0 Å². The lowest BCUT2D eigenvalue weighted by Crippen LogP contribution is -2.21. The minimum Gasteiger partial charge on any atom is -0.481 e. The molecule has 0 spiro atoms. The highest BCUT2D eigenvalue weighted by atomic mass is 16.4. The molecule has 216 valence electrons. The Morgan fingerprint density at radius 2 is 1.08 bits per heavy atom. The first-order chi connectivity index (χ1) is 17.9. The number of hydrogen-bond acceptors (Lipinski definition) is 2. The molecule has 0 aromatic heterocycles. The molecule has 0 bridgehead atoms. The van der Waals surface area contributed by atoms with Crippen molar-refractivity contribution in [3.05, 3.63) is 0 Å². The molecular weight excluding hydrogens is 460 g/mol. The van der Waals surface area contributed by atoms with Crippen LogP contribution in [0.2, 0.25) is 0 Å². The second-order valence-electron chi connectivity index (χ2n) is 12.9. The summed E-state index contributed by atoms with van der Waals surface area (Å²) in [6.07, 6.45) is 26.5. The molecule has 2 fully saturated rings. The topological polar surface area (TPSA) is 74.6 Å². The predicted octanol–water partition coefficient (Wildman–Crippen LogP) is 9.89. The van der Waals surface area contributed by atoms with Crippen molar-refractivity contribution in [3.8, 4) is 0 Å². The fourth-order valence-corrected chi connectivity index (χ4v) is 7.19. The van der Waals surface area contributed by atoms with Gasteiger partial charge in [0, 0.05) is 0 Å². The van der Waals surface area contributed by atoms with Gasteiger partial charge in [0.25, 0.3) is 0 Å². The Morgan fingerprint density at radius 1 is 0.595 bits per heavy atom.